The molecule has 3 rings (SSSR count). The smallest absolute Gasteiger partial charge is 0.241 e. The number of hydrogen-bond acceptors (Lipinski definition) is 4. The molecule has 1 aliphatic heterocycles. The zero-order chi connectivity index (χ0) is 15.4. The van der Waals surface area contributed by atoms with Crippen molar-refractivity contribution in [2.45, 2.75) is 32.2 Å². The number of aromatic nitrogens is 3. The first-order chi connectivity index (χ1) is 10.8. The van der Waals surface area contributed by atoms with E-state index in [9.17, 15) is 4.79 Å². The summed E-state index contributed by atoms with van der Waals surface area (Å²) in [4.78, 5) is 18.9. The topological polar surface area (TPSA) is 73.9 Å². The van der Waals surface area contributed by atoms with Crippen LogP contribution in [0.1, 0.15) is 26.2 Å². The zero-order valence-corrected chi connectivity index (χ0v) is 12.7. The number of hydrogen-bond donors (Lipinski definition) is 2. The average molecular weight is 299 g/mol. The Balaban J connectivity index is 1.72. The van der Waals surface area contributed by atoms with Crippen LogP contribution in [-0.4, -0.2) is 45.1 Å². The van der Waals surface area contributed by atoms with Gasteiger partial charge in [-0.2, -0.15) is 5.10 Å². The molecule has 22 heavy (non-hydrogen) atoms. The normalized spacial score (nSPS) is 19.0. The number of nitrogens with zero attached hydrogens (tertiary/aromatic N) is 3. The molecule has 0 saturated carbocycles. The molecule has 2 heterocycles. The van der Waals surface area contributed by atoms with Gasteiger partial charge in [-0.05, 0) is 38.1 Å². The molecule has 6 heteroatoms. The van der Waals surface area contributed by atoms with E-state index in [2.05, 4.69) is 32.3 Å². The molecule has 0 aliphatic carbocycles. The molecule has 2 N–H and O–H groups in total. The van der Waals surface area contributed by atoms with Crippen LogP contribution in [0.25, 0.3) is 11.4 Å². The van der Waals surface area contributed by atoms with Gasteiger partial charge in [-0.15, -0.1) is 0 Å². The molecule has 1 aliphatic rings. The molecule has 1 saturated heterocycles. The van der Waals surface area contributed by atoms with Crippen LogP contribution in [0.3, 0.4) is 0 Å². The minimum atomic E-state index is -0.0207. The number of benzene rings is 1. The van der Waals surface area contributed by atoms with Crippen LogP contribution >= 0.6 is 0 Å². The highest BCUT2D eigenvalue weighted by Crippen LogP contribution is 2.21. The van der Waals surface area contributed by atoms with Gasteiger partial charge in [0, 0.05) is 11.3 Å². The molecule has 1 amide bonds. The van der Waals surface area contributed by atoms with Crippen LogP contribution in [0, 0.1) is 0 Å². The molecule has 0 unspecified atom stereocenters. The highest BCUT2D eigenvalue weighted by atomic mass is 16.2. The highest BCUT2D eigenvalue weighted by Gasteiger charge is 2.27. The van der Waals surface area contributed by atoms with Gasteiger partial charge in [-0.25, -0.2) is 4.98 Å². The number of likely N-dealkylation sites (N-methyl/N-ethyl adjacent to an activating group) is 1. The Morgan fingerprint density at radius 2 is 2.36 bits per heavy atom. The lowest BCUT2D eigenvalue weighted by atomic mass is 10.0. The van der Waals surface area contributed by atoms with E-state index in [0.29, 0.717) is 5.82 Å². The van der Waals surface area contributed by atoms with Crippen LogP contribution < -0.4 is 5.32 Å². The van der Waals surface area contributed by atoms with E-state index in [1.54, 1.807) is 0 Å². The van der Waals surface area contributed by atoms with Crippen LogP contribution in [-0.2, 0) is 4.79 Å². The Labute approximate surface area is 129 Å². The van der Waals surface area contributed by atoms with E-state index in [1.165, 1.54) is 12.7 Å². The molecule has 0 spiro atoms. The monoisotopic (exact) mass is 299 g/mol. The zero-order valence-electron chi connectivity index (χ0n) is 12.7. The standard InChI is InChI=1S/C16H21N5O/c1-2-21-9-4-3-8-14(21)16(22)19-13-7-5-6-12(10-13)15-17-11-18-20-15/h5-7,10-11,14H,2-4,8-9H2,1H3,(H,19,22)(H,17,18,20)/t14-/m0/s1. The van der Waals surface area contributed by atoms with E-state index in [0.717, 1.165) is 37.2 Å². The number of anilines is 1. The van der Waals surface area contributed by atoms with E-state index < -0.39 is 0 Å². The fourth-order valence-corrected chi connectivity index (χ4v) is 2.98. The van der Waals surface area contributed by atoms with Crippen LogP contribution in [0.4, 0.5) is 5.69 Å². The van der Waals surface area contributed by atoms with Gasteiger partial charge < -0.3 is 5.32 Å². The molecule has 1 aromatic heterocycles. The largest absolute Gasteiger partial charge is 0.325 e. The number of carbonyl (C=O) groups is 1. The number of likely N-dealkylation sites (tertiary alicyclic amines) is 1. The van der Waals surface area contributed by atoms with Crippen molar-refractivity contribution >= 4 is 11.6 Å². The second-order valence-corrected chi connectivity index (χ2v) is 5.54. The lowest BCUT2D eigenvalue weighted by molar-refractivity contribution is -0.122. The van der Waals surface area contributed by atoms with Crippen LogP contribution in [0.5, 0.6) is 0 Å². The maximum atomic E-state index is 12.5. The van der Waals surface area contributed by atoms with Gasteiger partial charge in [0.05, 0.1) is 6.04 Å². The molecule has 116 valence electrons. The number of carbonyl (C=O) groups excluding carboxylic acids is 1. The molecule has 6 nitrogen and oxygen atoms in total. The summed E-state index contributed by atoms with van der Waals surface area (Å²) >= 11 is 0. The lowest BCUT2D eigenvalue weighted by Crippen LogP contribution is -2.46. The van der Waals surface area contributed by atoms with Gasteiger partial charge in [-0.1, -0.05) is 25.5 Å². The summed E-state index contributed by atoms with van der Waals surface area (Å²) < 4.78 is 0. The van der Waals surface area contributed by atoms with Crippen molar-refractivity contribution in [1.29, 1.82) is 0 Å². The molecule has 0 radical (unpaired) electrons. The predicted octanol–water partition coefficient (Wildman–Crippen LogP) is 2.28. The van der Waals surface area contributed by atoms with E-state index in [4.69, 9.17) is 0 Å². The fourth-order valence-electron chi connectivity index (χ4n) is 2.98. The highest BCUT2D eigenvalue weighted by molar-refractivity contribution is 5.95. The summed E-state index contributed by atoms with van der Waals surface area (Å²) in [6.45, 7) is 4.03. The van der Waals surface area contributed by atoms with Crippen LogP contribution in [0.2, 0.25) is 0 Å². The van der Waals surface area contributed by atoms with Gasteiger partial charge in [-0.3, -0.25) is 14.8 Å². The van der Waals surface area contributed by atoms with Crippen molar-refractivity contribution in [2.24, 2.45) is 0 Å². The first-order valence-electron chi connectivity index (χ1n) is 7.78. The van der Waals surface area contributed by atoms with Gasteiger partial charge in [0.1, 0.15) is 6.33 Å². The summed E-state index contributed by atoms with van der Waals surface area (Å²) in [5, 5.41) is 9.72. The third-order valence-corrected chi connectivity index (χ3v) is 4.14. The number of nitrogens with one attached hydrogen (secondary N) is 2. The molecular formula is C16H21N5O. The van der Waals surface area contributed by atoms with Crippen molar-refractivity contribution in [3.8, 4) is 11.4 Å². The minimum Gasteiger partial charge on any atom is -0.325 e. The predicted molar refractivity (Wildman–Crippen MR) is 85.3 cm³/mol. The summed E-state index contributed by atoms with van der Waals surface area (Å²) in [6, 6.07) is 7.64. The number of rotatable bonds is 4. The minimum absolute atomic E-state index is 0.0207. The molecule has 1 atom stereocenters. The van der Waals surface area contributed by atoms with Gasteiger partial charge in [0.2, 0.25) is 5.91 Å². The Hall–Kier alpha value is -2.21. The Kier molecular flexibility index (Phi) is 4.48. The fraction of sp³-hybridized carbons (Fsp3) is 0.438. The molecule has 2 aromatic rings. The third kappa shape index (κ3) is 3.17. The van der Waals surface area contributed by atoms with E-state index in [-0.39, 0.29) is 11.9 Å². The maximum absolute atomic E-state index is 12.5. The molecule has 0 bridgehead atoms. The molecule has 1 aromatic carbocycles. The van der Waals surface area contributed by atoms with E-state index >= 15 is 0 Å². The third-order valence-electron chi connectivity index (χ3n) is 4.14. The average Bonchev–Trinajstić information content (AvgIpc) is 3.09. The van der Waals surface area contributed by atoms with Crippen LogP contribution in [0.15, 0.2) is 30.6 Å². The Morgan fingerprint density at radius 1 is 1.45 bits per heavy atom. The first-order valence-corrected chi connectivity index (χ1v) is 7.78. The van der Waals surface area contributed by atoms with Crippen molar-refractivity contribution in [3.05, 3.63) is 30.6 Å². The first kappa shape index (κ1) is 14.7. The van der Waals surface area contributed by atoms with E-state index in [1.807, 2.05) is 24.3 Å². The number of aromatic amines is 1. The SMILES string of the molecule is CCN1CCCC[C@H]1C(=O)Nc1cccc(-c2ncn[nH]2)c1. The van der Waals surface area contributed by atoms with Crippen molar-refractivity contribution in [2.75, 3.05) is 18.4 Å². The summed E-state index contributed by atoms with van der Waals surface area (Å²) in [5.74, 6) is 0.778. The molecule has 1 fully saturated rings. The van der Waals surface area contributed by atoms with Crippen molar-refractivity contribution in [1.82, 2.24) is 20.1 Å². The maximum Gasteiger partial charge on any atom is 0.241 e. The number of H-pyrrole nitrogens is 1. The van der Waals surface area contributed by atoms with Crippen molar-refractivity contribution in [3.63, 3.8) is 0 Å². The quantitative estimate of drug-likeness (QED) is 0.908. The second kappa shape index (κ2) is 6.70. The lowest BCUT2D eigenvalue weighted by Gasteiger charge is -2.33. The van der Waals surface area contributed by atoms with Gasteiger partial charge >= 0.3 is 0 Å². The summed E-state index contributed by atoms with van der Waals surface area (Å²) in [5.41, 5.74) is 1.70. The van der Waals surface area contributed by atoms with Gasteiger partial charge in [0.25, 0.3) is 0 Å². The number of amides is 1. The molecular weight excluding hydrogens is 278 g/mol. The number of piperidine rings is 1. The van der Waals surface area contributed by atoms with Gasteiger partial charge in [0.15, 0.2) is 5.82 Å². The summed E-state index contributed by atoms with van der Waals surface area (Å²) in [7, 11) is 0. The Morgan fingerprint density at radius 3 is 3.14 bits per heavy atom. The summed E-state index contributed by atoms with van der Waals surface area (Å²) in [6.07, 6.45) is 4.70. The van der Waals surface area contributed by atoms with Crippen molar-refractivity contribution < 1.29 is 4.79 Å². The Bertz CT molecular complexity index is 625. The second-order valence-electron chi connectivity index (χ2n) is 5.54.